The highest BCUT2D eigenvalue weighted by Crippen LogP contribution is 2.31. The minimum Gasteiger partial charge on any atom is -0.378 e. The molecule has 1 aliphatic rings. The summed E-state index contributed by atoms with van der Waals surface area (Å²) in [4.78, 5) is 18.7. The Morgan fingerprint density at radius 2 is 1.71 bits per heavy atom. The predicted octanol–water partition coefficient (Wildman–Crippen LogP) is 4.15. The number of ketones is 1. The second kappa shape index (κ2) is 9.44. The van der Waals surface area contributed by atoms with E-state index in [9.17, 15) is 17.6 Å². The summed E-state index contributed by atoms with van der Waals surface area (Å²) in [5.41, 5.74) is 2.45. The Balaban J connectivity index is 1.61. The Morgan fingerprint density at radius 1 is 1.00 bits per heavy atom. The van der Waals surface area contributed by atoms with Gasteiger partial charge in [-0.3, -0.25) is 9.78 Å². The van der Waals surface area contributed by atoms with Crippen LogP contribution in [0.2, 0.25) is 0 Å². The van der Waals surface area contributed by atoms with E-state index in [2.05, 4.69) is 9.88 Å². The number of morpholine rings is 1. The van der Waals surface area contributed by atoms with Crippen LogP contribution in [-0.2, 0) is 14.8 Å². The van der Waals surface area contributed by atoms with Gasteiger partial charge in [0.15, 0.2) is 5.78 Å². The van der Waals surface area contributed by atoms with Gasteiger partial charge in [0.25, 0.3) is 10.0 Å². The van der Waals surface area contributed by atoms with Crippen LogP contribution in [0, 0.1) is 5.82 Å². The molecule has 2 aromatic carbocycles. The molecule has 2 aromatic heterocycles. The van der Waals surface area contributed by atoms with E-state index < -0.39 is 15.8 Å². The fourth-order valence-electron chi connectivity index (χ4n) is 4.06. The average Bonchev–Trinajstić information content (AvgIpc) is 3.27. The van der Waals surface area contributed by atoms with Gasteiger partial charge in [0.2, 0.25) is 0 Å². The van der Waals surface area contributed by atoms with Crippen LogP contribution in [0.1, 0.15) is 15.9 Å². The van der Waals surface area contributed by atoms with Gasteiger partial charge in [0, 0.05) is 53.9 Å². The standard InChI is InChI=1S/C26H22FN3O4S/c27-21-2-5-23(6-3-21)35(32,33)30-18-20(1-8-26(31)19-9-11-28-12-10-19)24-17-22(4-7-25(24)30)29-13-15-34-16-14-29/h1-12,17-18H,13-16H2/b8-1+. The van der Waals surface area contributed by atoms with Gasteiger partial charge in [-0.1, -0.05) is 0 Å². The molecule has 0 saturated carbocycles. The van der Waals surface area contributed by atoms with Crippen molar-refractivity contribution in [2.24, 2.45) is 0 Å². The Kier molecular flexibility index (Phi) is 6.19. The Labute approximate surface area is 202 Å². The van der Waals surface area contributed by atoms with Crippen LogP contribution in [0.4, 0.5) is 10.1 Å². The number of aromatic nitrogens is 2. The molecule has 0 spiro atoms. The Bertz CT molecular complexity index is 1510. The molecular formula is C26H22FN3O4S. The number of hydrogen-bond donors (Lipinski definition) is 0. The van der Waals surface area contributed by atoms with E-state index in [1.807, 2.05) is 12.1 Å². The number of nitrogens with zero attached hydrogens (tertiary/aromatic N) is 3. The zero-order valence-corrected chi connectivity index (χ0v) is 19.5. The monoisotopic (exact) mass is 491 g/mol. The van der Waals surface area contributed by atoms with Gasteiger partial charge in [-0.15, -0.1) is 0 Å². The highest BCUT2D eigenvalue weighted by atomic mass is 32.2. The van der Waals surface area contributed by atoms with E-state index >= 15 is 0 Å². The molecule has 5 rings (SSSR count). The summed E-state index contributed by atoms with van der Waals surface area (Å²) in [7, 11) is -4.00. The second-order valence-corrected chi connectivity index (χ2v) is 9.89. The average molecular weight is 492 g/mol. The molecule has 0 aliphatic carbocycles. The van der Waals surface area contributed by atoms with Crippen molar-refractivity contribution in [3.8, 4) is 0 Å². The minimum absolute atomic E-state index is 0.0311. The number of benzene rings is 2. The summed E-state index contributed by atoms with van der Waals surface area (Å²) in [6.07, 6.45) is 7.60. The van der Waals surface area contributed by atoms with Crippen molar-refractivity contribution in [1.29, 1.82) is 0 Å². The molecule has 0 radical (unpaired) electrons. The summed E-state index contributed by atoms with van der Waals surface area (Å²) >= 11 is 0. The molecule has 1 aliphatic heterocycles. The molecule has 4 aromatic rings. The third-order valence-electron chi connectivity index (χ3n) is 5.91. The zero-order chi connectivity index (χ0) is 24.4. The van der Waals surface area contributed by atoms with Crippen molar-refractivity contribution in [3.63, 3.8) is 0 Å². The van der Waals surface area contributed by atoms with E-state index in [0.717, 1.165) is 30.9 Å². The molecule has 0 bridgehead atoms. The zero-order valence-electron chi connectivity index (χ0n) is 18.7. The molecule has 3 heterocycles. The number of fused-ring (bicyclic) bond motifs is 1. The van der Waals surface area contributed by atoms with Gasteiger partial charge in [-0.25, -0.2) is 16.8 Å². The number of rotatable bonds is 6. The summed E-state index contributed by atoms with van der Waals surface area (Å²) in [5.74, 6) is -0.742. The third-order valence-corrected chi connectivity index (χ3v) is 7.60. The highest BCUT2D eigenvalue weighted by Gasteiger charge is 2.22. The van der Waals surface area contributed by atoms with E-state index in [4.69, 9.17) is 4.74 Å². The normalized spacial score (nSPS) is 14.6. The molecule has 7 nitrogen and oxygen atoms in total. The smallest absolute Gasteiger partial charge is 0.268 e. The predicted molar refractivity (Wildman–Crippen MR) is 132 cm³/mol. The van der Waals surface area contributed by atoms with Crippen molar-refractivity contribution in [2.45, 2.75) is 4.90 Å². The molecule has 0 N–H and O–H groups in total. The molecule has 178 valence electrons. The Morgan fingerprint density at radius 3 is 2.43 bits per heavy atom. The summed E-state index contributed by atoms with van der Waals surface area (Å²) in [6, 6.07) is 13.5. The number of allylic oxidation sites excluding steroid dienone is 1. The largest absolute Gasteiger partial charge is 0.378 e. The summed E-state index contributed by atoms with van der Waals surface area (Å²) in [6.45, 7) is 2.69. The third kappa shape index (κ3) is 4.60. The van der Waals surface area contributed by atoms with E-state index in [1.165, 1.54) is 40.8 Å². The van der Waals surface area contributed by atoms with Crippen LogP contribution in [0.3, 0.4) is 0 Å². The number of carbonyl (C=O) groups excluding carboxylic acids is 1. The second-order valence-electron chi connectivity index (χ2n) is 8.07. The number of carbonyl (C=O) groups is 1. The van der Waals surface area contributed by atoms with Crippen LogP contribution in [0.5, 0.6) is 0 Å². The lowest BCUT2D eigenvalue weighted by Crippen LogP contribution is -2.36. The lowest BCUT2D eigenvalue weighted by Gasteiger charge is -2.29. The maximum atomic E-state index is 13.4. The van der Waals surface area contributed by atoms with Gasteiger partial charge in [0.05, 0.1) is 23.6 Å². The first-order valence-electron chi connectivity index (χ1n) is 11.0. The van der Waals surface area contributed by atoms with Crippen molar-refractivity contribution in [1.82, 2.24) is 8.96 Å². The number of pyridine rings is 1. The van der Waals surface area contributed by atoms with Gasteiger partial charge in [0.1, 0.15) is 5.82 Å². The van der Waals surface area contributed by atoms with Crippen LogP contribution in [0.15, 0.2) is 84.2 Å². The quantitative estimate of drug-likeness (QED) is 0.298. The number of ether oxygens (including phenoxy) is 1. The first kappa shape index (κ1) is 22.9. The molecule has 0 amide bonds. The molecule has 1 fully saturated rings. The topological polar surface area (TPSA) is 81.5 Å². The first-order chi connectivity index (χ1) is 16.9. The number of anilines is 1. The molecule has 35 heavy (non-hydrogen) atoms. The first-order valence-corrected chi connectivity index (χ1v) is 12.5. The maximum Gasteiger partial charge on any atom is 0.268 e. The number of hydrogen-bond acceptors (Lipinski definition) is 6. The fourth-order valence-corrected chi connectivity index (χ4v) is 5.44. The van der Waals surface area contributed by atoms with Crippen LogP contribution < -0.4 is 4.90 Å². The number of halogens is 1. The lowest BCUT2D eigenvalue weighted by molar-refractivity contribution is 0.104. The minimum atomic E-state index is -4.00. The summed E-state index contributed by atoms with van der Waals surface area (Å²) in [5, 5.41) is 0.679. The maximum absolute atomic E-state index is 13.4. The molecule has 1 saturated heterocycles. The van der Waals surface area contributed by atoms with Crippen molar-refractivity contribution < 1.29 is 22.3 Å². The van der Waals surface area contributed by atoms with E-state index in [-0.39, 0.29) is 10.7 Å². The SMILES string of the molecule is O=C(/C=C/c1cn(S(=O)(=O)c2ccc(F)cc2)c2ccc(N3CCOCC3)cc12)c1ccncc1. The van der Waals surface area contributed by atoms with Gasteiger partial charge in [-0.2, -0.15) is 0 Å². The van der Waals surface area contributed by atoms with Gasteiger partial charge >= 0.3 is 0 Å². The van der Waals surface area contributed by atoms with Crippen molar-refractivity contribution >= 4 is 38.5 Å². The lowest BCUT2D eigenvalue weighted by atomic mass is 10.1. The highest BCUT2D eigenvalue weighted by molar-refractivity contribution is 7.90. The molecular weight excluding hydrogens is 469 g/mol. The van der Waals surface area contributed by atoms with E-state index in [0.29, 0.717) is 35.2 Å². The van der Waals surface area contributed by atoms with Crippen molar-refractivity contribution in [3.05, 3.63) is 96.2 Å². The van der Waals surface area contributed by atoms with Gasteiger partial charge < -0.3 is 9.64 Å². The van der Waals surface area contributed by atoms with E-state index in [1.54, 1.807) is 24.3 Å². The van der Waals surface area contributed by atoms with Gasteiger partial charge in [-0.05, 0) is 66.7 Å². The summed E-state index contributed by atoms with van der Waals surface area (Å²) < 4.78 is 46.9. The molecule has 9 heteroatoms. The molecule has 0 atom stereocenters. The van der Waals surface area contributed by atoms with Crippen LogP contribution >= 0.6 is 0 Å². The Hall–Kier alpha value is -3.82. The fraction of sp³-hybridized carbons (Fsp3) is 0.154. The van der Waals surface area contributed by atoms with Crippen LogP contribution in [0.25, 0.3) is 17.0 Å². The van der Waals surface area contributed by atoms with Crippen molar-refractivity contribution in [2.75, 3.05) is 31.2 Å². The van der Waals surface area contributed by atoms with Crippen LogP contribution in [-0.4, -0.2) is 49.5 Å². The molecule has 0 unspecified atom stereocenters.